The monoisotopic (exact) mass is 291 g/mol. The smallest absolute Gasteiger partial charge is 0.339 e. The SMILES string of the molecule is CCc1cnc(C(C)Nc2cc(C)ncc2C(=O)O)s1. The molecule has 2 heterocycles. The van der Waals surface area contributed by atoms with Crippen LogP contribution in [-0.4, -0.2) is 21.0 Å². The summed E-state index contributed by atoms with van der Waals surface area (Å²) in [6.45, 7) is 5.89. The number of thiazole rings is 1. The van der Waals surface area contributed by atoms with Crippen molar-refractivity contribution >= 4 is 23.0 Å². The van der Waals surface area contributed by atoms with E-state index in [1.165, 1.54) is 11.1 Å². The van der Waals surface area contributed by atoms with E-state index < -0.39 is 5.97 Å². The number of pyridine rings is 1. The number of anilines is 1. The summed E-state index contributed by atoms with van der Waals surface area (Å²) in [4.78, 5) is 20.8. The lowest BCUT2D eigenvalue weighted by Gasteiger charge is -2.15. The number of rotatable bonds is 5. The molecule has 0 aliphatic carbocycles. The van der Waals surface area contributed by atoms with E-state index in [0.717, 1.165) is 17.1 Å². The zero-order valence-electron chi connectivity index (χ0n) is 11.7. The van der Waals surface area contributed by atoms with Gasteiger partial charge >= 0.3 is 5.97 Å². The van der Waals surface area contributed by atoms with Crippen LogP contribution < -0.4 is 5.32 Å². The first-order valence-electron chi connectivity index (χ1n) is 6.42. The third-order valence-electron chi connectivity index (χ3n) is 2.93. The minimum Gasteiger partial charge on any atom is -0.478 e. The minimum absolute atomic E-state index is 0.0415. The van der Waals surface area contributed by atoms with Crippen molar-refractivity contribution in [3.05, 3.63) is 39.6 Å². The molecule has 106 valence electrons. The molecule has 0 amide bonds. The molecule has 2 aromatic heterocycles. The highest BCUT2D eigenvalue weighted by atomic mass is 32.1. The van der Waals surface area contributed by atoms with Crippen molar-refractivity contribution in [2.45, 2.75) is 33.2 Å². The summed E-state index contributed by atoms with van der Waals surface area (Å²) in [5, 5.41) is 13.4. The molecule has 1 unspecified atom stereocenters. The molecule has 0 fully saturated rings. The van der Waals surface area contributed by atoms with Crippen LogP contribution in [0.1, 0.15) is 45.8 Å². The fourth-order valence-corrected chi connectivity index (χ4v) is 2.69. The summed E-state index contributed by atoms with van der Waals surface area (Å²) in [5.41, 5.74) is 1.53. The summed E-state index contributed by atoms with van der Waals surface area (Å²) in [7, 11) is 0. The Morgan fingerprint density at radius 2 is 2.20 bits per heavy atom. The number of hydrogen-bond donors (Lipinski definition) is 2. The number of nitrogens with zero attached hydrogens (tertiary/aromatic N) is 2. The van der Waals surface area contributed by atoms with Crippen molar-refractivity contribution in [2.24, 2.45) is 0 Å². The van der Waals surface area contributed by atoms with E-state index in [1.807, 2.05) is 20.0 Å². The summed E-state index contributed by atoms with van der Waals surface area (Å²) in [6, 6.07) is 1.70. The number of carboxylic acids is 1. The molecule has 5 nitrogen and oxygen atoms in total. The molecule has 0 radical (unpaired) electrons. The molecule has 0 aliphatic rings. The van der Waals surface area contributed by atoms with Crippen LogP contribution in [-0.2, 0) is 6.42 Å². The Bertz CT molecular complexity index is 625. The highest BCUT2D eigenvalue weighted by Crippen LogP contribution is 2.26. The van der Waals surface area contributed by atoms with Gasteiger partial charge in [0.25, 0.3) is 0 Å². The zero-order valence-corrected chi connectivity index (χ0v) is 12.5. The number of carboxylic acid groups (broad SMARTS) is 1. The van der Waals surface area contributed by atoms with Crippen molar-refractivity contribution in [1.29, 1.82) is 0 Å². The van der Waals surface area contributed by atoms with E-state index in [-0.39, 0.29) is 11.6 Å². The van der Waals surface area contributed by atoms with E-state index in [0.29, 0.717) is 5.69 Å². The maximum absolute atomic E-state index is 11.2. The quantitative estimate of drug-likeness (QED) is 0.884. The van der Waals surface area contributed by atoms with Gasteiger partial charge in [0.05, 0.1) is 11.7 Å². The summed E-state index contributed by atoms with van der Waals surface area (Å²) in [5.74, 6) is -0.986. The van der Waals surface area contributed by atoms with E-state index in [1.54, 1.807) is 17.4 Å². The van der Waals surface area contributed by atoms with E-state index >= 15 is 0 Å². The Labute approximate surface area is 121 Å². The van der Waals surface area contributed by atoms with Gasteiger partial charge in [0, 0.05) is 23.0 Å². The first-order valence-corrected chi connectivity index (χ1v) is 7.24. The first kappa shape index (κ1) is 14.5. The van der Waals surface area contributed by atoms with Crippen LogP contribution in [0.2, 0.25) is 0 Å². The van der Waals surface area contributed by atoms with Crippen LogP contribution in [0.15, 0.2) is 18.5 Å². The zero-order chi connectivity index (χ0) is 14.7. The van der Waals surface area contributed by atoms with Gasteiger partial charge in [0.2, 0.25) is 0 Å². The standard InChI is InChI=1S/C14H17N3O2S/c1-4-10-6-16-13(20-10)9(3)17-12-5-8(2)15-7-11(12)14(18)19/h5-7,9H,4H2,1-3H3,(H,15,17)(H,18,19). The molecule has 1 atom stereocenters. The average Bonchev–Trinajstić information content (AvgIpc) is 2.87. The normalized spacial score (nSPS) is 12.2. The second kappa shape index (κ2) is 6.00. The van der Waals surface area contributed by atoms with Crippen LogP contribution in [0.5, 0.6) is 0 Å². The third-order valence-corrected chi connectivity index (χ3v) is 4.26. The van der Waals surface area contributed by atoms with Gasteiger partial charge in [-0.25, -0.2) is 9.78 Å². The number of aromatic nitrogens is 2. The predicted molar refractivity (Wildman–Crippen MR) is 79.5 cm³/mol. The largest absolute Gasteiger partial charge is 0.478 e. The van der Waals surface area contributed by atoms with Crippen molar-refractivity contribution in [3.8, 4) is 0 Å². The molecule has 0 spiro atoms. The molecule has 0 bridgehead atoms. The van der Waals surface area contributed by atoms with Crippen molar-refractivity contribution in [1.82, 2.24) is 9.97 Å². The average molecular weight is 291 g/mol. The molecule has 0 aliphatic heterocycles. The summed E-state index contributed by atoms with van der Waals surface area (Å²) < 4.78 is 0. The van der Waals surface area contributed by atoms with Crippen LogP contribution in [0.3, 0.4) is 0 Å². The van der Waals surface area contributed by atoms with Crippen molar-refractivity contribution < 1.29 is 9.90 Å². The molecule has 20 heavy (non-hydrogen) atoms. The molecule has 0 saturated heterocycles. The highest BCUT2D eigenvalue weighted by molar-refractivity contribution is 7.11. The number of aryl methyl sites for hydroxylation is 2. The summed E-state index contributed by atoms with van der Waals surface area (Å²) in [6.07, 6.45) is 4.21. The highest BCUT2D eigenvalue weighted by Gasteiger charge is 2.15. The Morgan fingerprint density at radius 1 is 1.45 bits per heavy atom. The van der Waals surface area contributed by atoms with Gasteiger partial charge in [0.1, 0.15) is 10.6 Å². The van der Waals surface area contributed by atoms with Gasteiger partial charge in [-0.1, -0.05) is 6.92 Å². The molecule has 2 N–H and O–H groups in total. The third kappa shape index (κ3) is 3.14. The van der Waals surface area contributed by atoms with Crippen molar-refractivity contribution in [2.75, 3.05) is 5.32 Å². The van der Waals surface area contributed by atoms with E-state index in [4.69, 9.17) is 0 Å². The molecular weight excluding hydrogens is 274 g/mol. The van der Waals surface area contributed by atoms with Gasteiger partial charge in [-0.2, -0.15) is 0 Å². The molecule has 0 aromatic carbocycles. The Hall–Kier alpha value is -1.95. The maximum Gasteiger partial charge on any atom is 0.339 e. The molecule has 0 saturated carbocycles. The number of nitrogens with one attached hydrogen (secondary N) is 1. The minimum atomic E-state index is -0.986. The van der Waals surface area contributed by atoms with Gasteiger partial charge < -0.3 is 10.4 Å². The van der Waals surface area contributed by atoms with E-state index in [9.17, 15) is 9.90 Å². The Kier molecular flexibility index (Phi) is 4.34. The molecular formula is C14H17N3O2S. The van der Waals surface area contributed by atoms with Gasteiger partial charge in [0.15, 0.2) is 0 Å². The van der Waals surface area contributed by atoms with Gasteiger partial charge in [-0.3, -0.25) is 4.98 Å². The second-order valence-corrected chi connectivity index (χ2v) is 5.71. The second-order valence-electron chi connectivity index (χ2n) is 4.56. The first-order chi connectivity index (χ1) is 9.51. The van der Waals surface area contributed by atoms with Crippen LogP contribution in [0.4, 0.5) is 5.69 Å². The molecule has 2 rings (SSSR count). The van der Waals surface area contributed by atoms with E-state index in [2.05, 4.69) is 22.2 Å². The number of carbonyl (C=O) groups is 1. The lowest BCUT2D eigenvalue weighted by Crippen LogP contribution is -2.11. The van der Waals surface area contributed by atoms with Crippen molar-refractivity contribution in [3.63, 3.8) is 0 Å². The lowest BCUT2D eigenvalue weighted by molar-refractivity contribution is 0.0697. The van der Waals surface area contributed by atoms with Crippen LogP contribution in [0, 0.1) is 6.92 Å². The lowest BCUT2D eigenvalue weighted by atomic mass is 10.2. The number of aromatic carboxylic acids is 1. The Balaban J connectivity index is 2.24. The maximum atomic E-state index is 11.2. The van der Waals surface area contributed by atoms with Crippen LogP contribution in [0.25, 0.3) is 0 Å². The topological polar surface area (TPSA) is 75.1 Å². The Morgan fingerprint density at radius 3 is 2.80 bits per heavy atom. The fourth-order valence-electron chi connectivity index (χ4n) is 1.83. The van der Waals surface area contributed by atoms with Gasteiger partial charge in [-0.05, 0) is 26.3 Å². The van der Waals surface area contributed by atoms with Crippen LogP contribution >= 0.6 is 11.3 Å². The van der Waals surface area contributed by atoms with Gasteiger partial charge in [-0.15, -0.1) is 11.3 Å². The fraction of sp³-hybridized carbons (Fsp3) is 0.357. The predicted octanol–water partition coefficient (Wildman–Crippen LogP) is 3.28. The molecule has 2 aromatic rings. The molecule has 6 heteroatoms. The number of hydrogen-bond acceptors (Lipinski definition) is 5. The summed E-state index contributed by atoms with van der Waals surface area (Å²) >= 11 is 1.64.